The number of phenols is 3. The molecule has 1 aromatic heterocycles. The quantitative estimate of drug-likeness (QED) is 0.320. The van der Waals surface area contributed by atoms with Gasteiger partial charge in [0.2, 0.25) is 6.29 Å². The average molecular weight is 446 g/mol. The number of hydrogen-bond acceptors (Lipinski definition) is 10. The Morgan fingerprint density at radius 3 is 2.34 bits per heavy atom. The summed E-state index contributed by atoms with van der Waals surface area (Å²) in [5.74, 6) is -1.09. The third-order valence-electron chi connectivity index (χ3n) is 5.46. The zero-order valence-electron chi connectivity index (χ0n) is 17.1. The fourth-order valence-corrected chi connectivity index (χ4v) is 3.63. The maximum Gasteiger partial charge on any atom is 0.229 e. The second-order valence-electron chi connectivity index (χ2n) is 7.71. The van der Waals surface area contributed by atoms with E-state index in [1.165, 1.54) is 38.1 Å². The van der Waals surface area contributed by atoms with Gasteiger partial charge in [-0.05, 0) is 32.0 Å². The first kappa shape index (κ1) is 21.9. The van der Waals surface area contributed by atoms with Gasteiger partial charge in [0.05, 0.1) is 6.10 Å². The number of benzene rings is 2. The van der Waals surface area contributed by atoms with Gasteiger partial charge in [-0.15, -0.1) is 0 Å². The van der Waals surface area contributed by atoms with Gasteiger partial charge >= 0.3 is 0 Å². The third-order valence-corrected chi connectivity index (χ3v) is 5.46. The third kappa shape index (κ3) is 3.63. The normalized spacial score (nSPS) is 25.7. The van der Waals surface area contributed by atoms with E-state index in [-0.39, 0.29) is 39.5 Å². The van der Waals surface area contributed by atoms with Crippen LogP contribution in [0.1, 0.15) is 12.5 Å². The second kappa shape index (κ2) is 7.99. The fraction of sp³-hybridized carbons (Fsp3) is 0.318. The molecule has 6 N–H and O–H groups in total. The van der Waals surface area contributed by atoms with E-state index in [1.807, 2.05) is 0 Å². The predicted molar refractivity (Wildman–Crippen MR) is 111 cm³/mol. The molecule has 1 aliphatic heterocycles. The molecule has 170 valence electrons. The van der Waals surface area contributed by atoms with Gasteiger partial charge in [0.1, 0.15) is 46.5 Å². The molecular formula is C22H22O10. The van der Waals surface area contributed by atoms with Crippen LogP contribution in [0.5, 0.6) is 23.0 Å². The fourth-order valence-electron chi connectivity index (χ4n) is 3.63. The summed E-state index contributed by atoms with van der Waals surface area (Å²) in [4.78, 5) is 13.2. The molecule has 5 atom stereocenters. The van der Waals surface area contributed by atoms with Crippen molar-refractivity contribution in [2.24, 2.45) is 0 Å². The monoisotopic (exact) mass is 446 g/mol. The van der Waals surface area contributed by atoms with Crippen molar-refractivity contribution in [3.8, 4) is 34.3 Å². The summed E-state index contributed by atoms with van der Waals surface area (Å²) in [5.41, 5.74) is -0.0773. The van der Waals surface area contributed by atoms with Gasteiger partial charge in [-0.3, -0.25) is 4.79 Å². The van der Waals surface area contributed by atoms with Gasteiger partial charge in [-0.1, -0.05) is 0 Å². The van der Waals surface area contributed by atoms with Crippen molar-refractivity contribution in [1.82, 2.24) is 0 Å². The van der Waals surface area contributed by atoms with Crippen molar-refractivity contribution in [3.05, 3.63) is 46.1 Å². The first-order valence-corrected chi connectivity index (χ1v) is 9.77. The highest BCUT2D eigenvalue weighted by atomic mass is 16.7. The van der Waals surface area contributed by atoms with Crippen molar-refractivity contribution in [1.29, 1.82) is 0 Å². The summed E-state index contributed by atoms with van der Waals surface area (Å²) in [7, 11) is 0. The highest BCUT2D eigenvalue weighted by Crippen LogP contribution is 2.36. The zero-order valence-corrected chi connectivity index (χ0v) is 17.1. The number of hydrogen-bond donors (Lipinski definition) is 6. The number of aliphatic hydroxyl groups excluding tert-OH is 3. The van der Waals surface area contributed by atoms with E-state index in [2.05, 4.69) is 0 Å². The lowest BCUT2D eigenvalue weighted by atomic mass is 10.00. The van der Waals surface area contributed by atoms with Gasteiger partial charge < -0.3 is 44.5 Å². The lowest BCUT2D eigenvalue weighted by Crippen LogP contribution is -2.58. The molecule has 4 rings (SSSR count). The Kier molecular flexibility index (Phi) is 5.47. The van der Waals surface area contributed by atoms with E-state index in [4.69, 9.17) is 13.9 Å². The molecule has 0 saturated carbocycles. The summed E-state index contributed by atoms with van der Waals surface area (Å²) in [6.07, 6.45) is -6.79. The van der Waals surface area contributed by atoms with Crippen LogP contribution >= 0.6 is 0 Å². The minimum Gasteiger partial charge on any atom is -0.508 e. The molecule has 10 heteroatoms. The van der Waals surface area contributed by atoms with Gasteiger partial charge in [0.25, 0.3) is 0 Å². The molecule has 0 aliphatic carbocycles. The van der Waals surface area contributed by atoms with Crippen LogP contribution in [0.3, 0.4) is 0 Å². The number of phenolic OH excluding ortho intramolecular Hbond substituents is 3. The molecule has 0 spiro atoms. The molecule has 1 fully saturated rings. The van der Waals surface area contributed by atoms with Crippen LogP contribution in [0.15, 0.2) is 39.5 Å². The zero-order chi connectivity index (χ0) is 23.3. The molecule has 0 unspecified atom stereocenters. The molecule has 0 radical (unpaired) electrons. The molecule has 10 nitrogen and oxygen atoms in total. The van der Waals surface area contributed by atoms with Crippen LogP contribution in [0, 0.1) is 6.92 Å². The molecule has 2 heterocycles. The molecule has 2 aromatic carbocycles. The van der Waals surface area contributed by atoms with Gasteiger partial charge in [-0.2, -0.15) is 0 Å². The molecule has 1 saturated heterocycles. The summed E-state index contributed by atoms with van der Waals surface area (Å²) in [6, 6.07) is 6.27. The molecular weight excluding hydrogens is 424 g/mol. The standard InChI is InChI=1S/C22H22O10/c1-8-17(26)16-14(31-21(8)10-3-4-12(24)13(25)5-10)6-11(23)7-15(16)32-22-20(29)19(28)18(27)9(2)30-22/h3-7,9,18-20,22-25,27-29H,1-2H3/t9-,18-,19-,20+,22-/m0/s1. The molecule has 3 aromatic rings. The Hall–Kier alpha value is -3.31. The summed E-state index contributed by atoms with van der Waals surface area (Å²) in [5, 5.41) is 59.5. The Labute approximate surface area is 181 Å². The Morgan fingerprint density at radius 2 is 1.66 bits per heavy atom. The maximum atomic E-state index is 13.2. The number of aromatic hydroxyl groups is 3. The van der Waals surface area contributed by atoms with Gasteiger partial charge in [0.15, 0.2) is 16.9 Å². The van der Waals surface area contributed by atoms with E-state index in [0.29, 0.717) is 5.56 Å². The highest BCUT2D eigenvalue weighted by molar-refractivity contribution is 5.87. The van der Waals surface area contributed by atoms with Gasteiger partial charge in [-0.25, -0.2) is 0 Å². The van der Waals surface area contributed by atoms with Crippen LogP contribution in [0.4, 0.5) is 0 Å². The molecule has 0 amide bonds. The Balaban J connectivity index is 1.82. The summed E-state index contributed by atoms with van der Waals surface area (Å²) < 4.78 is 16.9. The van der Waals surface area contributed by atoms with E-state index < -0.39 is 41.9 Å². The lowest BCUT2D eigenvalue weighted by molar-refractivity contribution is -0.267. The van der Waals surface area contributed by atoms with Gasteiger partial charge in [0, 0.05) is 23.3 Å². The van der Waals surface area contributed by atoms with Crippen molar-refractivity contribution in [3.63, 3.8) is 0 Å². The van der Waals surface area contributed by atoms with Crippen molar-refractivity contribution >= 4 is 11.0 Å². The minimum atomic E-state index is -1.62. The number of fused-ring (bicyclic) bond motifs is 1. The lowest BCUT2D eigenvalue weighted by Gasteiger charge is -2.38. The minimum absolute atomic E-state index is 0.0444. The van der Waals surface area contributed by atoms with Crippen LogP contribution < -0.4 is 10.2 Å². The van der Waals surface area contributed by atoms with Crippen molar-refractivity contribution in [2.75, 3.05) is 0 Å². The van der Waals surface area contributed by atoms with Crippen molar-refractivity contribution < 1.29 is 44.5 Å². The Morgan fingerprint density at radius 1 is 0.938 bits per heavy atom. The average Bonchev–Trinajstić information content (AvgIpc) is 2.74. The SMILES string of the molecule is Cc1c(-c2ccc(O)c(O)c2)oc2cc(O)cc(O[C@@H]3O[C@@H](C)[C@H](O)[C@H](O)[C@H]3O)c2c1=O. The van der Waals surface area contributed by atoms with Crippen LogP contribution in [0.25, 0.3) is 22.3 Å². The maximum absolute atomic E-state index is 13.2. The summed E-state index contributed by atoms with van der Waals surface area (Å²) >= 11 is 0. The van der Waals surface area contributed by atoms with E-state index >= 15 is 0 Å². The van der Waals surface area contributed by atoms with E-state index in [9.17, 15) is 35.4 Å². The van der Waals surface area contributed by atoms with E-state index in [1.54, 1.807) is 0 Å². The smallest absolute Gasteiger partial charge is 0.229 e. The summed E-state index contributed by atoms with van der Waals surface area (Å²) in [6.45, 7) is 2.98. The highest BCUT2D eigenvalue weighted by Gasteiger charge is 2.43. The topological polar surface area (TPSA) is 170 Å². The first-order chi connectivity index (χ1) is 15.1. The van der Waals surface area contributed by atoms with E-state index in [0.717, 1.165) is 6.07 Å². The largest absolute Gasteiger partial charge is 0.508 e. The predicted octanol–water partition coefficient (Wildman–Crippen LogP) is 1.09. The van der Waals surface area contributed by atoms with Crippen LogP contribution in [0.2, 0.25) is 0 Å². The van der Waals surface area contributed by atoms with Crippen LogP contribution in [-0.4, -0.2) is 61.3 Å². The molecule has 1 aliphatic rings. The Bertz CT molecular complexity index is 1230. The molecule has 32 heavy (non-hydrogen) atoms. The number of ether oxygens (including phenoxy) is 2. The number of aliphatic hydroxyl groups is 3. The first-order valence-electron chi connectivity index (χ1n) is 9.77. The van der Waals surface area contributed by atoms with Crippen LogP contribution in [-0.2, 0) is 4.74 Å². The molecule has 0 bridgehead atoms. The number of rotatable bonds is 3. The second-order valence-corrected chi connectivity index (χ2v) is 7.71. The van der Waals surface area contributed by atoms with Crippen molar-refractivity contribution in [2.45, 2.75) is 44.6 Å².